The van der Waals surface area contributed by atoms with Gasteiger partial charge in [-0.1, -0.05) is 29.8 Å². The number of sulfonamides is 1. The Hall–Kier alpha value is -2.80. The largest absolute Gasteiger partial charge is 0.276 e. The van der Waals surface area contributed by atoms with E-state index in [9.17, 15) is 8.42 Å². The molecule has 1 heterocycles. The molecule has 0 aliphatic carbocycles. The molecule has 2 aromatic carbocycles. The topological polar surface area (TPSA) is 84.3 Å². The van der Waals surface area contributed by atoms with Gasteiger partial charge in [0.05, 0.1) is 28.3 Å². The molecule has 0 aliphatic heterocycles. The van der Waals surface area contributed by atoms with E-state index in [1.807, 2.05) is 31.2 Å². The van der Waals surface area contributed by atoms with Crippen LogP contribution in [0.5, 0.6) is 0 Å². The molecule has 116 valence electrons. The molecule has 0 atom stereocenters. The van der Waals surface area contributed by atoms with Crippen LogP contribution >= 0.6 is 0 Å². The first kappa shape index (κ1) is 15.1. The van der Waals surface area contributed by atoms with Crippen molar-refractivity contribution in [3.05, 3.63) is 66.0 Å². The molecule has 1 aromatic heterocycles. The molecule has 0 aliphatic rings. The van der Waals surface area contributed by atoms with Gasteiger partial charge in [-0.25, -0.2) is 9.82 Å². The zero-order valence-corrected chi connectivity index (χ0v) is 13.2. The summed E-state index contributed by atoms with van der Waals surface area (Å²) >= 11 is 0. The van der Waals surface area contributed by atoms with Gasteiger partial charge in [-0.15, -0.1) is 0 Å². The number of hydrogen-bond donors (Lipinski definition) is 1. The standard InChI is InChI=1S/C16H14N4O2S/c1-12-6-8-14(9-7-12)23(21,22)20-18-11-13-10-17-15-4-2-3-5-16(15)19-13/h2-11,20H,1H3. The van der Waals surface area contributed by atoms with Crippen molar-refractivity contribution in [1.29, 1.82) is 0 Å². The van der Waals surface area contributed by atoms with Gasteiger partial charge < -0.3 is 0 Å². The molecule has 0 fully saturated rings. The molecule has 0 amide bonds. The number of fused-ring (bicyclic) bond motifs is 1. The molecule has 23 heavy (non-hydrogen) atoms. The van der Waals surface area contributed by atoms with Crippen LogP contribution in [0.25, 0.3) is 11.0 Å². The summed E-state index contributed by atoms with van der Waals surface area (Å²) in [6.07, 6.45) is 2.86. The van der Waals surface area contributed by atoms with Gasteiger partial charge in [0.25, 0.3) is 10.0 Å². The highest BCUT2D eigenvalue weighted by atomic mass is 32.2. The third-order valence-corrected chi connectivity index (χ3v) is 4.41. The van der Waals surface area contributed by atoms with Gasteiger partial charge in [0.2, 0.25) is 0 Å². The van der Waals surface area contributed by atoms with Crippen molar-refractivity contribution in [3.63, 3.8) is 0 Å². The number of nitrogens with one attached hydrogen (secondary N) is 1. The fourth-order valence-corrected chi connectivity index (χ4v) is 2.76. The molecular weight excluding hydrogens is 312 g/mol. The molecule has 0 bridgehead atoms. The van der Waals surface area contributed by atoms with Gasteiger partial charge in [-0.3, -0.25) is 4.98 Å². The van der Waals surface area contributed by atoms with E-state index in [0.29, 0.717) is 5.69 Å². The number of aryl methyl sites for hydroxylation is 1. The molecular formula is C16H14N4O2S. The van der Waals surface area contributed by atoms with E-state index < -0.39 is 10.0 Å². The Kier molecular flexibility index (Phi) is 4.03. The molecule has 7 heteroatoms. The first-order chi connectivity index (χ1) is 11.0. The van der Waals surface area contributed by atoms with Gasteiger partial charge in [-0.05, 0) is 31.2 Å². The maximum atomic E-state index is 12.1. The molecule has 3 rings (SSSR count). The van der Waals surface area contributed by atoms with E-state index in [1.54, 1.807) is 12.1 Å². The van der Waals surface area contributed by atoms with Gasteiger partial charge in [0, 0.05) is 0 Å². The number of para-hydroxylation sites is 2. The van der Waals surface area contributed by atoms with E-state index in [0.717, 1.165) is 16.6 Å². The van der Waals surface area contributed by atoms with Crippen molar-refractivity contribution in [2.45, 2.75) is 11.8 Å². The Morgan fingerprint density at radius 3 is 2.48 bits per heavy atom. The van der Waals surface area contributed by atoms with Gasteiger partial charge >= 0.3 is 0 Å². The van der Waals surface area contributed by atoms with Crippen LogP contribution in [0.1, 0.15) is 11.3 Å². The average Bonchev–Trinajstić information content (AvgIpc) is 2.55. The Bertz CT molecular complexity index is 967. The van der Waals surface area contributed by atoms with Crippen LogP contribution < -0.4 is 4.83 Å². The predicted octanol–water partition coefficient (Wildman–Crippen LogP) is 2.25. The van der Waals surface area contributed by atoms with Gasteiger partial charge in [0.1, 0.15) is 5.69 Å². The third kappa shape index (κ3) is 3.51. The van der Waals surface area contributed by atoms with E-state index in [2.05, 4.69) is 19.9 Å². The summed E-state index contributed by atoms with van der Waals surface area (Å²) in [6, 6.07) is 13.9. The Balaban J connectivity index is 1.78. The smallest absolute Gasteiger partial charge is 0.252 e. The summed E-state index contributed by atoms with van der Waals surface area (Å²) in [4.78, 5) is 10.9. The fourth-order valence-electron chi connectivity index (χ4n) is 1.97. The Morgan fingerprint density at radius 2 is 1.74 bits per heavy atom. The normalized spacial score (nSPS) is 11.9. The second kappa shape index (κ2) is 6.13. The lowest BCUT2D eigenvalue weighted by Gasteiger charge is -2.03. The minimum atomic E-state index is -3.69. The molecule has 0 radical (unpaired) electrons. The maximum Gasteiger partial charge on any atom is 0.276 e. The lowest BCUT2D eigenvalue weighted by Crippen LogP contribution is -2.18. The maximum absolute atomic E-state index is 12.1. The quantitative estimate of drug-likeness (QED) is 0.589. The number of hydrazone groups is 1. The van der Waals surface area contributed by atoms with E-state index in [4.69, 9.17) is 0 Å². The van der Waals surface area contributed by atoms with Crippen LogP contribution in [-0.2, 0) is 10.0 Å². The second-order valence-corrected chi connectivity index (χ2v) is 6.61. The van der Waals surface area contributed by atoms with Crippen molar-refractivity contribution in [1.82, 2.24) is 14.8 Å². The Morgan fingerprint density at radius 1 is 1.04 bits per heavy atom. The molecule has 6 nitrogen and oxygen atoms in total. The number of aromatic nitrogens is 2. The SMILES string of the molecule is Cc1ccc(S(=O)(=O)NN=Cc2cnc3ccccc3n2)cc1. The van der Waals surface area contributed by atoms with E-state index >= 15 is 0 Å². The number of rotatable bonds is 4. The minimum Gasteiger partial charge on any atom is -0.252 e. The minimum absolute atomic E-state index is 0.157. The van der Waals surface area contributed by atoms with Crippen LogP contribution in [0.3, 0.4) is 0 Å². The molecule has 0 saturated heterocycles. The highest BCUT2D eigenvalue weighted by molar-refractivity contribution is 7.89. The van der Waals surface area contributed by atoms with Crippen LogP contribution in [0.2, 0.25) is 0 Å². The van der Waals surface area contributed by atoms with E-state index in [-0.39, 0.29) is 4.90 Å². The first-order valence-corrected chi connectivity index (χ1v) is 8.36. The zero-order chi connectivity index (χ0) is 16.3. The third-order valence-electron chi connectivity index (χ3n) is 3.17. The van der Waals surface area contributed by atoms with Gasteiger partial charge in [-0.2, -0.15) is 13.5 Å². The lowest BCUT2D eigenvalue weighted by atomic mass is 10.2. The van der Waals surface area contributed by atoms with Crippen molar-refractivity contribution in [2.24, 2.45) is 5.10 Å². The Labute approximate surface area is 134 Å². The van der Waals surface area contributed by atoms with Crippen molar-refractivity contribution < 1.29 is 8.42 Å². The molecule has 0 spiro atoms. The predicted molar refractivity (Wildman–Crippen MR) is 88.6 cm³/mol. The average molecular weight is 326 g/mol. The van der Waals surface area contributed by atoms with Crippen LogP contribution in [0, 0.1) is 6.92 Å². The summed E-state index contributed by atoms with van der Waals surface area (Å²) in [5, 5.41) is 3.75. The van der Waals surface area contributed by atoms with Crippen LogP contribution in [0.4, 0.5) is 0 Å². The second-order valence-electron chi connectivity index (χ2n) is 4.95. The number of nitrogens with zero attached hydrogens (tertiary/aromatic N) is 3. The van der Waals surface area contributed by atoms with Gasteiger partial charge in [0.15, 0.2) is 0 Å². The first-order valence-electron chi connectivity index (χ1n) is 6.88. The number of hydrogen-bond acceptors (Lipinski definition) is 5. The fraction of sp³-hybridized carbons (Fsp3) is 0.0625. The van der Waals surface area contributed by atoms with Crippen LogP contribution in [-0.4, -0.2) is 24.6 Å². The summed E-state index contributed by atoms with van der Waals surface area (Å²) in [6.45, 7) is 1.89. The van der Waals surface area contributed by atoms with Crippen molar-refractivity contribution >= 4 is 27.3 Å². The monoisotopic (exact) mass is 326 g/mol. The summed E-state index contributed by atoms with van der Waals surface area (Å²) in [7, 11) is -3.69. The summed E-state index contributed by atoms with van der Waals surface area (Å²) < 4.78 is 24.2. The molecule has 1 N–H and O–H groups in total. The summed E-state index contributed by atoms with van der Waals surface area (Å²) in [5.74, 6) is 0. The summed E-state index contributed by atoms with van der Waals surface area (Å²) in [5.41, 5.74) is 2.94. The van der Waals surface area contributed by atoms with Crippen molar-refractivity contribution in [3.8, 4) is 0 Å². The molecule has 0 saturated carbocycles. The highest BCUT2D eigenvalue weighted by Crippen LogP contribution is 2.10. The highest BCUT2D eigenvalue weighted by Gasteiger charge is 2.11. The lowest BCUT2D eigenvalue weighted by molar-refractivity contribution is 0.584. The molecule has 0 unspecified atom stereocenters. The van der Waals surface area contributed by atoms with E-state index in [1.165, 1.54) is 24.5 Å². The molecule has 3 aromatic rings. The van der Waals surface area contributed by atoms with Crippen LogP contribution in [0.15, 0.2) is 64.7 Å². The van der Waals surface area contributed by atoms with Crippen molar-refractivity contribution in [2.75, 3.05) is 0 Å². The number of benzene rings is 2. The zero-order valence-electron chi connectivity index (χ0n) is 12.3.